The van der Waals surface area contributed by atoms with Gasteiger partial charge in [-0.1, -0.05) is 5.16 Å². The molecule has 3 aromatic rings. The molecule has 3 heterocycles. The summed E-state index contributed by atoms with van der Waals surface area (Å²) in [7, 11) is 0. The van der Waals surface area contributed by atoms with Crippen LogP contribution in [0.1, 0.15) is 22.5 Å². The molecule has 4 rings (SSSR count). The number of benzene rings is 1. The third-order valence-corrected chi connectivity index (χ3v) is 4.37. The van der Waals surface area contributed by atoms with Crippen LogP contribution in [0.15, 0.2) is 47.1 Å². The van der Waals surface area contributed by atoms with Gasteiger partial charge < -0.3 is 14.2 Å². The minimum Gasteiger partial charge on any atom is -0.378 e. The van der Waals surface area contributed by atoms with Gasteiger partial charge in [-0.15, -0.1) is 0 Å². The number of carbonyl (C=O) groups excluding carboxylic acids is 1. The molecule has 0 N–H and O–H groups in total. The maximum absolute atomic E-state index is 12.6. The van der Waals surface area contributed by atoms with Gasteiger partial charge in [0.1, 0.15) is 5.69 Å². The lowest BCUT2D eigenvalue weighted by Crippen LogP contribution is -2.40. The van der Waals surface area contributed by atoms with Gasteiger partial charge in [-0.25, -0.2) is 8.78 Å². The molecule has 144 valence electrons. The highest BCUT2D eigenvalue weighted by molar-refractivity contribution is 5.94. The van der Waals surface area contributed by atoms with Crippen molar-refractivity contribution in [3.63, 3.8) is 0 Å². The molecule has 0 bridgehead atoms. The number of ether oxygens (including phenoxy) is 1. The summed E-state index contributed by atoms with van der Waals surface area (Å²) in [6.45, 7) is 2.24. The Morgan fingerprint density at radius 1 is 1.04 bits per heavy atom. The van der Waals surface area contributed by atoms with Crippen molar-refractivity contribution in [2.45, 2.75) is 6.43 Å². The SMILES string of the molecule is O=C(c1ccc(-c2nc(-c3ccc(C(F)F)nc3)no2)cc1)N1CCOCC1. The van der Waals surface area contributed by atoms with Crippen LogP contribution in [-0.2, 0) is 4.74 Å². The molecule has 0 radical (unpaired) electrons. The van der Waals surface area contributed by atoms with Gasteiger partial charge in [-0.05, 0) is 36.4 Å². The van der Waals surface area contributed by atoms with Gasteiger partial charge in [-0.3, -0.25) is 9.78 Å². The molecular formula is C19H16F2N4O3. The van der Waals surface area contributed by atoms with Crippen molar-refractivity contribution in [2.75, 3.05) is 26.3 Å². The van der Waals surface area contributed by atoms with Crippen LogP contribution in [-0.4, -0.2) is 52.2 Å². The van der Waals surface area contributed by atoms with Gasteiger partial charge in [0, 0.05) is 36.0 Å². The van der Waals surface area contributed by atoms with E-state index in [1.807, 2.05) is 0 Å². The topological polar surface area (TPSA) is 81.3 Å². The zero-order valence-electron chi connectivity index (χ0n) is 14.7. The van der Waals surface area contributed by atoms with Crippen molar-refractivity contribution >= 4 is 5.91 Å². The zero-order valence-corrected chi connectivity index (χ0v) is 14.7. The largest absolute Gasteiger partial charge is 0.378 e. The summed E-state index contributed by atoms with van der Waals surface area (Å²) >= 11 is 0. The highest BCUT2D eigenvalue weighted by Crippen LogP contribution is 2.24. The Bertz CT molecular complexity index is 952. The number of hydrogen-bond donors (Lipinski definition) is 0. The van der Waals surface area contributed by atoms with E-state index < -0.39 is 6.43 Å². The van der Waals surface area contributed by atoms with E-state index in [-0.39, 0.29) is 23.3 Å². The second-order valence-electron chi connectivity index (χ2n) is 6.18. The molecule has 0 atom stereocenters. The number of carbonyl (C=O) groups is 1. The van der Waals surface area contributed by atoms with Gasteiger partial charge in [0.05, 0.1) is 13.2 Å². The van der Waals surface area contributed by atoms with E-state index in [9.17, 15) is 13.6 Å². The van der Waals surface area contributed by atoms with E-state index in [1.54, 1.807) is 29.2 Å². The molecule has 1 aliphatic heterocycles. The fraction of sp³-hybridized carbons (Fsp3) is 0.263. The van der Waals surface area contributed by atoms with Gasteiger partial charge in [0.15, 0.2) is 0 Å². The highest BCUT2D eigenvalue weighted by Gasteiger charge is 2.19. The zero-order chi connectivity index (χ0) is 19.5. The van der Waals surface area contributed by atoms with Gasteiger partial charge in [0.2, 0.25) is 5.82 Å². The molecule has 0 aliphatic carbocycles. The highest BCUT2D eigenvalue weighted by atomic mass is 19.3. The second-order valence-corrected chi connectivity index (χ2v) is 6.18. The first kappa shape index (κ1) is 18.2. The maximum atomic E-state index is 12.6. The predicted molar refractivity (Wildman–Crippen MR) is 94.6 cm³/mol. The fourth-order valence-electron chi connectivity index (χ4n) is 2.83. The summed E-state index contributed by atoms with van der Waals surface area (Å²) < 4.78 is 35.7. The van der Waals surface area contributed by atoms with Crippen LogP contribution in [0.5, 0.6) is 0 Å². The second kappa shape index (κ2) is 7.81. The quantitative estimate of drug-likeness (QED) is 0.685. The van der Waals surface area contributed by atoms with Crippen molar-refractivity contribution in [3.05, 3.63) is 53.9 Å². The van der Waals surface area contributed by atoms with Crippen LogP contribution in [0, 0.1) is 0 Å². The molecule has 1 saturated heterocycles. The van der Waals surface area contributed by atoms with Crippen molar-refractivity contribution < 1.29 is 22.8 Å². The normalized spacial score (nSPS) is 14.5. The van der Waals surface area contributed by atoms with Crippen molar-refractivity contribution in [2.24, 2.45) is 0 Å². The third-order valence-electron chi connectivity index (χ3n) is 4.37. The molecule has 9 heteroatoms. The number of rotatable bonds is 4. The standard InChI is InChI=1S/C19H16F2N4O3/c20-16(21)15-6-5-14(11-22-15)17-23-18(28-24-17)12-1-3-13(4-2-12)19(26)25-7-9-27-10-8-25/h1-6,11,16H,7-10H2. The maximum Gasteiger partial charge on any atom is 0.280 e. The van der Waals surface area contributed by atoms with Crippen molar-refractivity contribution in [3.8, 4) is 22.8 Å². The number of morpholine rings is 1. The summed E-state index contributed by atoms with van der Waals surface area (Å²) in [5.74, 6) is 0.460. The molecule has 7 nitrogen and oxygen atoms in total. The summed E-state index contributed by atoms with van der Waals surface area (Å²) in [6.07, 6.45) is -1.35. The smallest absolute Gasteiger partial charge is 0.280 e. The first-order valence-corrected chi connectivity index (χ1v) is 8.67. The van der Waals surface area contributed by atoms with Crippen LogP contribution in [0.2, 0.25) is 0 Å². The van der Waals surface area contributed by atoms with Crippen LogP contribution >= 0.6 is 0 Å². The van der Waals surface area contributed by atoms with E-state index in [0.717, 1.165) is 0 Å². The number of halogens is 2. The number of pyridine rings is 1. The number of hydrogen-bond acceptors (Lipinski definition) is 6. The molecule has 1 aliphatic rings. The molecule has 1 fully saturated rings. The number of aromatic nitrogens is 3. The lowest BCUT2D eigenvalue weighted by Gasteiger charge is -2.26. The Hall–Kier alpha value is -3.20. The number of amides is 1. The first-order chi connectivity index (χ1) is 13.6. The van der Waals surface area contributed by atoms with Crippen LogP contribution < -0.4 is 0 Å². The monoisotopic (exact) mass is 386 g/mol. The van der Waals surface area contributed by atoms with Crippen molar-refractivity contribution in [1.29, 1.82) is 0 Å². The molecule has 28 heavy (non-hydrogen) atoms. The van der Waals surface area contributed by atoms with E-state index >= 15 is 0 Å². The summed E-state index contributed by atoms with van der Waals surface area (Å²) in [5, 5.41) is 3.87. The minimum absolute atomic E-state index is 0.0498. The van der Waals surface area contributed by atoms with E-state index in [1.165, 1.54) is 18.3 Å². The lowest BCUT2D eigenvalue weighted by molar-refractivity contribution is 0.0303. The molecule has 0 saturated carbocycles. The number of nitrogens with zero attached hydrogens (tertiary/aromatic N) is 4. The Morgan fingerprint density at radius 3 is 2.39 bits per heavy atom. The lowest BCUT2D eigenvalue weighted by atomic mass is 10.1. The van der Waals surface area contributed by atoms with Gasteiger partial charge >= 0.3 is 0 Å². The Morgan fingerprint density at radius 2 is 1.75 bits per heavy atom. The van der Waals surface area contributed by atoms with E-state index in [2.05, 4.69) is 15.1 Å². The van der Waals surface area contributed by atoms with Crippen LogP contribution in [0.4, 0.5) is 8.78 Å². The minimum atomic E-state index is -2.63. The van der Waals surface area contributed by atoms with E-state index in [0.29, 0.717) is 43.0 Å². The molecule has 0 spiro atoms. The Kier molecular flexibility index (Phi) is 5.07. The van der Waals surface area contributed by atoms with E-state index in [4.69, 9.17) is 9.26 Å². The third kappa shape index (κ3) is 3.74. The van der Waals surface area contributed by atoms with Crippen LogP contribution in [0.25, 0.3) is 22.8 Å². The van der Waals surface area contributed by atoms with Crippen LogP contribution in [0.3, 0.4) is 0 Å². The summed E-state index contributed by atoms with van der Waals surface area (Å²) in [6, 6.07) is 9.55. The Labute approximate surface area is 159 Å². The molecule has 0 unspecified atom stereocenters. The fourth-order valence-corrected chi connectivity index (χ4v) is 2.83. The predicted octanol–water partition coefficient (Wildman–Crippen LogP) is 3.21. The average molecular weight is 386 g/mol. The molecule has 1 aromatic carbocycles. The van der Waals surface area contributed by atoms with Gasteiger partial charge in [-0.2, -0.15) is 4.98 Å². The molecule has 1 amide bonds. The van der Waals surface area contributed by atoms with Gasteiger partial charge in [0.25, 0.3) is 18.2 Å². The summed E-state index contributed by atoms with van der Waals surface area (Å²) in [5.41, 5.74) is 1.37. The van der Waals surface area contributed by atoms with Crippen molar-refractivity contribution in [1.82, 2.24) is 20.0 Å². The average Bonchev–Trinajstić information content (AvgIpc) is 3.24. The number of alkyl halides is 2. The summed E-state index contributed by atoms with van der Waals surface area (Å²) in [4.78, 5) is 22.2. The molecule has 2 aromatic heterocycles. The Balaban J connectivity index is 1.50. The molecular weight excluding hydrogens is 370 g/mol. The first-order valence-electron chi connectivity index (χ1n) is 8.67.